The fourth-order valence-electron chi connectivity index (χ4n) is 0.893. The van der Waals surface area contributed by atoms with Crippen LogP contribution in [0.4, 0.5) is 4.79 Å². The first-order chi connectivity index (χ1) is 6.93. The van der Waals surface area contributed by atoms with Crippen molar-refractivity contribution in [1.29, 1.82) is 0 Å². The summed E-state index contributed by atoms with van der Waals surface area (Å²) in [6, 6.07) is -1.15. The molecule has 8 heteroatoms. The number of primary amides is 1. The van der Waals surface area contributed by atoms with E-state index in [1.807, 2.05) is 0 Å². The van der Waals surface area contributed by atoms with Gasteiger partial charge in [-0.1, -0.05) is 6.32 Å². The Balaban J connectivity index is 3.81. The molecule has 0 saturated carbocycles. The molecule has 7 nitrogen and oxygen atoms in total. The van der Waals surface area contributed by atoms with Crippen molar-refractivity contribution in [1.82, 2.24) is 5.32 Å². The Hall–Kier alpha value is -1.57. The topological polar surface area (TPSA) is 130 Å². The summed E-state index contributed by atoms with van der Waals surface area (Å²) >= 11 is 0. The van der Waals surface area contributed by atoms with Crippen molar-refractivity contribution >= 4 is 25.0 Å². The van der Waals surface area contributed by atoms with Crippen LogP contribution in [0.2, 0.25) is 6.32 Å². The Morgan fingerprint density at radius 1 is 1.33 bits per heavy atom. The number of carbonyl (C=O) groups excluding carboxylic acids is 1. The summed E-state index contributed by atoms with van der Waals surface area (Å²) in [6.07, 6.45) is -0.245. The summed E-state index contributed by atoms with van der Waals surface area (Å²) < 4.78 is 0. The molecule has 0 aliphatic heterocycles. The molecule has 0 heterocycles. The van der Waals surface area contributed by atoms with Gasteiger partial charge in [-0.2, -0.15) is 0 Å². The van der Waals surface area contributed by atoms with E-state index in [1.165, 1.54) is 7.28 Å². The van der Waals surface area contributed by atoms with E-state index >= 15 is 0 Å². The van der Waals surface area contributed by atoms with Crippen LogP contribution in [0.1, 0.15) is 6.42 Å². The summed E-state index contributed by atoms with van der Waals surface area (Å²) in [7, 11) is 1.19. The first kappa shape index (κ1) is 13.4. The van der Waals surface area contributed by atoms with E-state index in [0.29, 0.717) is 0 Å². The Morgan fingerprint density at radius 2 is 1.93 bits per heavy atom. The molecule has 1 radical (unpaired) electrons. The first-order valence-electron chi connectivity index (χ1n) is 4.24. The molecule has 5 N–H and O–H groups in total. The highest BCUT2D eigenvalue weighted by molar-refractivity contribution is 6.73. The third-order valence-electron chi connectivity index (χ3n) is 1.56. The lowest BCUT2D eigenvalue weighted by molar-refractivity contribution is -0.145. The monoisotopic (exact) mass is 215 g/mol. The smallest absolute Gasteiger partial charge is 0.321 e. The minimum absolute atomic E-state index is 0.188. The van der Waals surface area contributed by atoms with E-state index in [0.717, 1.165) is 0 Å². The molecule has 15 heavy (non-hydrogen) atoms. The van der Waals surface area contributed by atoms with E-state index in [4.69, 9.17) is 15.9 Å². The number of nitrogens with one attached hydrogen (secondary N) is 1. The van der Waals surface area contributed by atoms with Crippen molar-refractivity contribution in [2.24, 2.45) is 5.73 Å². The van der Waals surface area contributed by atoms with Crippen LogP contribution in [0.15, 0.2) is 0 Å². The second-order valence-electron chi connectivity index (χ2n) is 2.84. The van der Waals surface area contributed by atoms with Crippen molar-refractivity contribution in [2.75, 3.05) is 6.54 Å². The van der Waals surface area contributed by atoms with Crippen LogP contribution in [-0.4, -0.2) is 47.8 Å². The number of hydrogen-bond acceptors (Lipinski definition) is 4. The molecule has 0 bridgehead atoms. The number of nitrogens with two attached hydrogens (primary N) is 1. The van der Waals surface area contributed by atoms with Crippen molar-refractivity contribution in [3.05, 3.63) is 0 Å². The van der Waals surface area contributed by atoms with Crippen LogP contribution in [0.5, 0.6) is 0 Å². The van der Waals surface area contributed by atoms with Gasteiger partial charge in [0.05, 0.1) is 6.42 Å². The average Bonchev–Trinajstić information content (AvgIpc) is 2.08. The molecule has 0 fully saturated rings. The van der Waals surface area contributed by atoms with Crippen LogP contribution >= 0.6 is 0 Å². The maximum Gasteiger partial charge on any atom is 0.321 e. The van der Waals surface area contributed by atoms with Gasteiger partial charge >= 0.3 is 11.9 Å². The molecule has 1 amide bonds. The largest absolute Gasteiger partial charge is 0.481 e. The Bertz CT molecular complexity index is 258. The van der Waals surface area contributed by atoms with E-state index < -0.39 is 30.2 Å². The molecular formula is C7H12BN2O5. The van der Waals surface area contributed by atoms with Crippen molar-refractivity contribution in [3.8, 4) is 0 Å². The summed E-state index contributed by atoms with van der Waals surface area (Å²) in [5.74, 6) is -3.04. The van der Waals surface area contributed by atoms with Crippen molar-refractivity contribution < 1.29 is 24.6 Å². The number of hydrogen-bond donors (Lipinski definition) is 4. The number of rotatable bonds is 8. The van der Waals surface area contributed by atoms with Gasteiger partial charge in [-0.25, -0.2) is 0 Å². The van der Waals surface area contributed by atoms with Gasteiger partial charge in [0.15, 0.2) is 5.81 Å². The molecule has 0 aromatic carbocycles. The highest BCUT2D eigenvalue weighted by Gasteiger charge is 2.19. The lowest BCUT2D eigenvalue weighted by atomic mass is 9.74. The molecule has 0 aliphatic rings. The molecule has 0 rings (SSSR count). The van der Waals surface area contributed by atoms with Gasteiger partial charge in [-0.3, -0.25) is 14.4 Å². The Morgan fingerprint density at radius 3 is 2.33 bits per heavy atom. The van der Waals surface area contributed by atoms with Crippen LogP contribution in [0.3, 0.4) is 0 Å². The summed E-state index contributed by atoms with van der Waals surface area (Å²) in [4.78, 5) is 31.1. The second-order valence-corrected chi connectivity index (χ2v) is 2.84. The van der Waals surface area contributed by atoms with Crippen LogP contribution in [0.25, 0.3) is 0 Å². The lowest BCUT2D eigenvalue weighted by Crippen LogP contribution is -2.39. The lowest BCUT2D eigenvalue weighted by Gasteiger charge is -2.11. The summed E-state index contributed by atoms with van der Waals surface area (Å²) in [6.45, 7) is 0.188. The molecule has 1 atom stereocenters. The molecule has 0 aromatic rings. The molecule has 83 valence electrons. The molecular weight excluding hydrogens is 203 g/mol. The third kappa shape index (κ3) is 7.50. The van der Waals surface area contributed by atoms with E-state index in [-0.39, 0.29) is 12.9 Å². The fraction of sp³-hybridized carbons (Fsp3) is 0.571. The number of aliphatic carboxylic acids is 2. The van der Waals surface area contributed by atoms with E-state index in [9.17, 15) is 14.4 Å². The number of carboxylic acids is 2. The zero-order chi connectivity index (χ0) is 11.8. The normalized spacial score (nSPS) is 11.7. The maximum absolute atomic E-state index is 10.5. The zero-order valence-electron chi connectivity index (χ0n) is 7.97. The minimum atomic E-state index is -1.24. The van der Waals surface area contributed by atoms with Gasteiger partial charge in [0, 0.05) is 0 Å². The molecule has 0 aliphatic carbocycles. The Labute approximate surface area is 86.9 Å². The van der Waals surface area contributed by atoms with Crippen molar-refractivity contribution in [3.63, 3.8) is 0 Å². The minimum Gasteiger partial charge on any atom is -0.481 e. The van der Waals surface area contributed by atoms with Gasteiger partial charge < -0.3 is 21.3 Å². The number of carboxylic acid groups (broad SMARTS) is 2. The average molecular weight is 215 g/mol. The second kappa shape index (κ2) is 6.82. The predicted octanol–water partition coefficient (Wildman–Crippen LogP) is -1.29. The van der Waals surface area contributed by atoms with Crippen LogP contribution in [0, 0.1) is 0 Å². The molecule has 0 saturated heterocycles. The van der Waals surface area contributed by atoms with E-state index in [1.54, 1.807) is 0 Å². The zero-order valence-corrected chi connectivity index (χ0v) is 7.97. The van der Waals surface area contributed by atoms with Gasteiger partial charge in [-0.05, 0) is 6.54 Å². The predicted molar refractivity (Wildman–Crippen MR) is 51.8 cm³/mol. The number of carbonyl (C=O) groups is 3. The maximum atomic E-state index is 10.5. The standard InChI is InChI=1S/C7H12BN2O5/c9-7(15)8-1-2-10-4(6(13)14)3-5(11)12/h4,10H,1-3H2,(H2,9,15)(H,11,12)(H,13,14). The fourth-order valence-corrected chi connectivity index (χ4v) is 0.893. The molecule has 0 spiro atoms. The van der Waals surface area contributed by atoms with Gasteiger partial charge in [0.25, 0.3) is 0 Å². The molecule has 1 unspecified atom stereocenters. The van der Waals surface area contributed by atoms with Gasteiger partial charge in [0.2, 0.25) is 7.28 Å². The first-order valence-corrected chi connectivity index (χ1v) is 4.24. The van der Waals surface area contributed by atoms with Gasteiger partial charge in [0.1, 0.15) is 6.04 Å². The van der Waals surface area contributed by atoms with E-state index in [2.05, 4.69) is 5.32 Å². The Kier molecular flexibility index (Phi) is 6.11. The van der Waals surface area contributed by atoms with Crippen LogP contribution < -0.4 is 11.1 Å². The van der Waals surface area contributed by atoms with Gasteiger partial charge in [-0.15, -0.1) is 0 Å². The third-order valence-corrected chi connectivity index (χ3v) is 1.56. The highest BCUT2D eigenvalue weighted by atomic mass is 16.4. The number of amides is 1. The van der Waals surface area contributed by atoms with Crippen molar-refractivity contribution in [2.45, 2.75) is 18.8 Å². The SMILES string of the molecule is NC(=O)[B]CCNC(CC(=O)O)C(=O)O. The summed E-state index contributed by atoms with van der Waals surface area (Å²) in [5.41, 5.74) is 4.82. The summed E-state index contributed by atoms with van der Waals surface area (Å²) in [5, 5.41) is 19.5. The quantitative estimate of drug-likeness (QED) is 0.294. The van der Waals surface area contributed by atoms with Crippen LogP contribution in [-0.2, 0) is 9.59 Å². The highest BCUT2D eigenvalue weighted by Crippen LogP contribution is 1.93. The molecule has 0 aromatic heterocycles.